The van der Waals surface area contributed by atoms with Crippen LogP contribution in [0.25, 0.3) is 0 Å². The first kappa shape index (κ1) is 14.0. The fourth-order valence-electron chi connectivity index (χ4n) is 1.92. The average molecular weight is 245 g/mol. The van der Waals surface area contributed by atoms with Crippen molar-refractivity contribution >= 4 is 0 Å². The molecule has 2 atom stereocenters. The minimum absolute atomic E-state index is 0.0171. The van der Waals surface area contributed by atoms with Crippen molar-refractivity contribution in [3.63, 3.8) is 0 Å². The largest absolute Gasteiger partial charge is 0.416 e. The summed E-state index contributed by atoms with van der Waals surface area (Å²) in [6, 6.07) is 5.80. The Bertz CT molecular complexity index is 360. The third-order valence-corrected chi connectivity index (χ3v) is 3.03. The topological polar surface area (TPSA) is 12.0 Å². The van der Waals surface area contributed by atoms with E-state index in [1.54, 1.807) is 12.1 Å². The van der Waals surface area contributed by atoms with E-state index in [-0.39, 0.29) is 12.0 Å². The van der Waals surface area contributed by atoms with E-state index in [2.05, 4.69) is 5.32 Å². The predicted octanol–water partition coefficient (Wildman–Crippen LogP) is 3.81. The average Bonchev–Trinajstić information content (AvgIpc) is 2.27. The molecular weight excluding hydrogens is 227 g/mol. The third kappa shape index (κ3) is 3.46. The van der Waals surface area contributed by atoms with Crippen molar-refractivity contribution in [3.05, 3.63) is 35.4 Å². The quantitative estimate of drug-likeness (QED) is 0.850. The van der Waals surface area contributed by atoms with Crippen molar-refractivity contribution in [1.82, 2.24) is 5.32 Å². The van der Waals surface area contributed by atoms with Crippen molar-refractivity contribution in [1.29, 1.82) is 0 Å². The number of hydrogen-bond donors (Lipinski definition) is 1. The Morgan fingerprint density at radius 1 is 1.18 bits per heavy atom. The number of hydrogen-bond acceptors (Lipinski definition) is 1. The molecular formula is C13H18F3N. The number of alkyl halides is 3. The van der Waals surface area contributed by atoms with Gasteiger partial charge in [0.25, 0.3) is 0 Å². The van der Waals surface area contributed by atoms with Crippen LogP contribution in [0.15, 0.2) is 24.3 Å². The first-order valence-electron chi connectivity index (χ1n) is 5.77. The molecule has 2 unspecified atom stereocenters. The van der Waals surface area contributed by atoms with Crippen molar-refractivity contribution < 1.29 is 13.2 Å². The van der Waals surface area contributed by atoms with Gasteiger partial charge in [-0.1, -0.05) is 32.0 Å². The molecule has 0 amide bonds. The molecule has 0 fully saturated rings. The molecule has 1 aromatic carbocycles. The minimum atomic E-state index is -4.28. The number of nitrogens with one attached hydrogen (secondary N) is 1. The first-order valence-corrected chi connectivity index (χ1v) is 5.77. The summed E-state index contributed by atoms with van der Waals surface area (Å²) in [6.07, 6.45) is -4.28. The predicted molar refractivity (Wildman–Crippen MR) is 63.0 cm³/mol. The Kier molecular flexibility index (Phi) is 4.57. The Morgan fingerprint density at radius 2 is 1.76 bits per heavy atom. The molecule has 0 saturated carbocycles. The van der Waals surface area contributed by atoms with E-state index in [1.807, 2.05) is 20.8 Å². The van der Waals surface area contributed by atoms with Gasteiger partial charge >= 0.3 is 6.18 Å². The molecule has 0 aliphatic rings. The van der Waals surface area contributed by atoms with Gasteiger partial charge in [0, 0.05) is 6.04 Å². The second kappa shape index (κ2) is 5.54. The van der Waals surface area contributed by atoms with E-state index in [1.165, 1.54) is 6.07 Å². The van der Waals surface area contributed by atoms with Crippen LogP contribution in [0.3, 0.4) is 0 Å². The highest BCUT2D eigenvalue weighted by molar-refractivity contribution is 5.33. The summed E-state index contributed by atoms with van der Waals surface area (Å²) >= 11 is 0. The van der Waals surface area contributed by atoms with Crippen LogP contribution in [0, 0.1) is 0 Å². The lowest BCUT2D eigenvalue weighted by Crippen LogP contribution is -2.31. The molecule has 0 aliphatic heterocycles. The number of halogens is 3. The molecule has 4 heteroatoms. The lowest BCUT2D eigenvalue weighted by molar-refractivity contribution is -0.138. The Balaban J connectivity index is 3.05. The zero-order valence-electron chi connectivity index (χ0n) is 10.3. The van der Waals surface area contributed by atoms with Gasteiger partial charge in [-0.05, 0) is 31.0 Å². The van der Waals surface area contributed by atoms with E-state index in [0.717, 1.165) is 12.6 Å². The van der Waals surface area contributed by atoms with Gasteiger partial charge in [0.2, 0.25) is 0 Å². The van der Waals surface area contributed by atoms with Crippen LogP contribution in [0.1, 0.15) is 37.8 Å². The molecule has 1 N–H and O–H groups in total. The summed E-state index contributed by atoms with van der Waals surface area (Å²) in [5.74, 6) is -0.173. The van der Waals surface area contributed by atoms with Gasteiger partial charge in [-0.15, -0.1) is 0 Å². The maximum Gasteiger partial charge on any atom is 0.416 e. The summed E-state index contributed by atoms with van der Waals surface area (Å²) in [4.78, 5) is 0. The lowest BCUT2D eigenvalue weighted by Gasteiger charge is -2.24. The summed E-state index contributed by atoms with van der Waals surface area (Å²) in [5.41, 5.74) is -0.175. The van der Waals surface area contributed by atoms with E-state index >= 15 is 0 Å². The first-order chi connectivity index (χ1) is 7.88. The molecule has 96 valence electrons. The van der Waals surface area contributed by atoms with E-state index in [0.29, 0.717) is 5.56 Å². The molecule has 0 aromatic heterocycles. The molecule has 1 rings (SSSR count). The van der Waals surface area contributed by atoms with Gasteiger partial charge in [0.1, 0.15) is 0 Å². The SMILES string of the molecule is CCNC(C)C(C)c1ccccc1C(F)(F)F. The van der Waals surface area contributed by atoms with Crippen molar-refractivity contribution in [3.8, 4) is 0 Å². The molecule has 1 aromatic rings. The highest BCUT2D eigenvalue weighted by Gasteiger charge is 2.34. The van der Waals surface area contributed by atoms with Gasteiger partial charge < -0.3 is 5.32 Å². The van der Waals surface area contributed by atoms with Crippen molar-refractivity contribution in [2.45, 2.75) is 38.9 Å². The van der Waals surface area contributed by atoms with Gasteiger partial charge in [-0.25, -0.2) is 0 Å². The second-order valence-electron chi connectivity index (χ2n) is 4.22. The molecule has 0 bridgehead atoms. The number of benzene rings is 1. The number of rotatable bonds is 4. The molecule has 0 spiro atoms. The summed E-state index contributed by atoms with van der Waals surface area (Å²) in [5, 5.41) is 3.16. The van der Waals surface area contributed by atoms with Crippen LogP contribution in [0.4, 0.5) is 13.2 Å². The molecule has 0 heterocycles. The summed E-state index contributed by atoms with van der Waals surface area (Å²) < 4.78 is 38.5. The van der Waals surface area contributed by atoms with Crippen LogP contribution in [-0.4, -0.2) is 12.6 Å². The van der Waals surface area contributed by atoms with Crippen LogP contribution in [0.2, 0.25) is 0 Å². The van der Waals surface area contributed by atoms with Gasteiger partial charge in [0.05, 0.1) is 5.56 Å². The lowest BCUT2D eigenvalue weighted by atomic mass is 9.90. The van der Waals surface area contributed by atoms with E-state index in [4.69, 9.17) is 0 Å². The summed E-state index contributed by atoms with van der Waals surface area (Å²) in [7, 11) is 0. The number of likely N-dealkylation sites (N-methyl/N-ethyl adjacent to an activating group) is 1. The van der Waals surface area contributed by atoms with Gasteiger partial charge in [0.15, 0.2) is 0 Å². The Labute approximate surface area is 100 Å². The fraction of sp³-hybridized carbons (Fsp3) is 0.538. The van der Waals surface area contributed by atoms with Crippen LogP contribution in [0.5, 0.6) is 0 Å². The molecule has 17 heavy (non-hydrogen) atoms. The fourth-order valence-corrected chi connectivity index (χ4v) is 1.92. The van der Waals surface area contributed by atoms with Crippen molar-refractivity contribution in [2.24, 2.45) is 0 Å². The zero-order chi connectivity index (χ0) is 13.1. The van der Waals surface area contributed by atoms with E-state index < -0.39 is 11.7 Å². The van der Waals surface area contributed by atoms with E-state index in [9.17, 15) is 13.2 Å². The highest BCUT2D eigenvalue weighted by Crippen LogP contribution is 2.35. The van der Waals surface area contributed by atoms with Crippen LogP contribution >= 0.6 is 0 Å². The monoisotopic (exact) mass is 245 g/mol. The van der Waals surface area contributed by atoms with Crippen LogP contribution in [-0.2, 0) is 6.18 Å². The normalized spacial score (nSPS) is 15.6. The maximum absolute atomic E-state index is 12.8. The molecule has 0 radical (unpaired) electrons. The standard InChI is InChI=1S/C13H18F3N/c1-4-17-10(3)9(2)11-7-5-6-8-12(11)13(14,15)16/h5-10,17H,4H2,1-3H3. The smallest absolute Gasteiger partial charge is 0.314 e. The molecule has 0 aliphatic carbocycles. The molecule has 1 nitrogen and oxygen atoms in total. The molecule has 0 saturated heterocycles. The van der Waals surface area contributed by atoms with Gasteiger partial charge in [-0.2, -0.15) is 13.2 Å². The Hall–Kier alpha value is -1.03. The summed E-state index contributed by atoms with van der Waals surface area (Å²) in [6.45, 7) is 6.41. The minimum Gasteiger partial charge on any atom is -0.314 e. The Morgan fingerprint density at radius 3 is 2.29 bits per heavy atom. The highest BCUT2D eigenvalue weighted by atomic mass is 19.4. The van der Waals surface area contributed by atoms with Crippen LogP contribution < -0.4 is 5.32 Å². The second-order valence-corrected chi connectivity index (χ2v) is 4.22. The zero-order valence-corrected chi connectivity index (χ0v) is 10.3. The van der Waals surface area contributed by atoms with Crippen molar-refractivity contribution in [2.75, 3.05) is 6.54 Å². The maximum atomic E-state index is 12.8. The third-order valence-electron chi connectivity index (χ3n) is 3.03. The van der Waals surface area contributed by atoms with Gasteiger partial charge in [-0.3, -0.25) is 0 Å².